The van der Waals surface area contributed by atoms with Gasteiger partial charge in [-0.2, -0.15) is 0 Å². The van der Waals surface area contributed by atoms with Gasteiger partial charge in [-0.3, -0.25) is 4.98 Å². The summed E-state index contributed by atoms with van der Waals surface area (Å²) in [6.07, 6.45) is 7.23. The Labute approximate surface area is 94.3 Å². The van der Waals surface area contributed by atoms with E-state index in [0.29, 0.717) is 6.04 Å². The lowest BCUT2D eigenvalue weighted by atomic mass is 10.0. The van der Waals surface area contributed by atoms with Crippen LogP contribution in [0.4, 0.5) is 0 Å². The van der Waals surface area contributed by atoms with Crippen LogP contribution in [0.25, 0.3) is 0 Å². The standard InChI is InChI=1S/C11H17BrN2/c1-3-4-11(13-2)6-9-5-10(12)8-14-7-9/h5,7-8,11,13H,3-4,6H2,1-2H3. The first-order valence-corrected chi connectivity index (χ1v) is 5.82. The summed E-state index contributed by atoms with van der Waals surface area (Å²) in [5.74, 6) is 0. The summed E-state index contributed by atoms with van der Waals surface area (Å²) < 4.78 is 1.06. The summed E-state index contributed by atoms with van der Waals surface area (Å²) in [6.45, 7) is 2.21. The first-order chi connectivity index (χ1) is 6.76. The zero-order valence-electron chi connectivity index (χ0n) is 8.76. The van der Waals surface area contributed by atoms with Crippen molar-refractivity contribution in [3.05, 3.63) is 28.5 Å². The fourth-order valence-corrected chi connectivity index (χ4v) is 1.96. The van der Waals surface area contributed by atoms with Gasteiger partial charge in [0.15, 0.2) is 0 Å². The Morgan fingerprint density at radius 1 is 1.50 bits per heavy atom. The zero-order chi connectivity index (χ0) is 10.4. The van der Waals surface area contributed by atoms with Gasteiger partial charge in [-0.15, -0.1) is 0 Å². The molecule has 0 fully saturated rings. The van der Waals surface area contributed by atoms with Gasteiger partial charge in [0.1, 0.15) is 0 Å². The van der Waals surface area contributed by atoms with Gasteiger partial charge in [0, 0.05) is 22.9 Å². The topological polar surface area (TPSA) is 24.9 Å². The molecule has 78 valence electrons. The number of halogens is 1. The molecule has 1 rings (SSSR count). The number of likely N-dealkylation sites (N-methyl/N-ethyl adjacent to an activating group) is 1. The van der Waals surface area contributed by atoms with Gasteiger partial charge in [0.2, 0.25) is 0 Å². The Morgan fingerprint density at radius 2 is 2.29 bits per heavy atom. The summed E-state index contributed by atoms with van der Waals surface area (Å²) in [5, 5.41) is 3.33. The third kappa shape index (κ3) is 3.76. The molecule has 1 atom stereocenters. The van der Waals surface area contributed by atoms with Crippen molar-refractivity contribution in [1.29, 1.82) is 0 Å². The number of rotatable bonds is 5. The van der Waals surface area contributed by atoms with E-state index in [1.807, 2.05) is 19.4 Å². The number of nitrogens with zero attached hydrogens (tertiary/aromatic N) is 1. The smallest absolute Gasteiger partial charge is 0.0410 e. The van der Waals surface area contributed by atoms with Crippen molar-refractivity contribution in [2.45, 2.75) is 32.2 Å². The molecular weight excluding hydrogens is 240 g/mol. The molecule has 1 aromatic heterocycles. The molecule has 1 unspecified atom stereocenters. The van der Waals surface area contributed by atoms with E-state index >= 15 is 0 Å². The Bertz CT molecular complexity index is 276. The summed E-state index contributed by atoms with van der Waals surface area (Å²) in [6, 6.07) is 2.70. The lowest BCUT2D eigenvalue weighted by Gasteiger charge is -2.14. The molecular formula is C11H17BrN2. The number of pyridine rings is 1. The van der Waals surface area contributed by atoms with E-state index in [2.05, 4.69) is 39.2 Å². The Hall–Kier alpha value is -0.410. The second kappa shape index (κ2) is 6.14. The largest absolute Gasteiger partial charge is 0.317 e. The van der Waals surface area contributed by atoms with Crippen LogP contribution in [0.15, 0.2) is 22.9 Å². The molecule has 0 saturated heterocycles. The van der Waals surface area contributed by atoms with Crippen LogP contribution >= 0.6 is 15.9 Å². The maximum Gasteiger partial charge on any atom is 0.0410 e. The van der Waals surface area contributed by atoms with Gasteiger partial charge in [-0.05, 0) is 47.4 Å². The van der Waals surface area contributed by atoms with Crippen molar-refractivity contribution in [2.75, 3.05) is 7.05 Å². The molecule has 0 bridgehead atoms. The number of nitrogens with one attached hydrogen (secondary N) is 1. The van der Waals surface area contributed by atoms with E-state index in [-0.39, 0.29) is 0 Å². The molecule has 0 aliphatic carbocycles. The SMILES string of the molecule is CCCC(Cc1cncc(Br)c1)NC. The predicted octanol–water partition coefficient (Wildman–Crippen LogP) is 2.77. The van der Waals surface area contributed by atoms with E-state index < -0.39 is 0 Å². The summed E-state index contributed by atoms with van der Waals surface area (Å²) in [4.78, 5) is 4.16. The van der Waals surface area contributed by atoms with Gasteiger partial charge in [0.25, 0.3) is 0 Å². The Balaban J connectivity index is 2.57. The molecule has 0 aliphatic heterocycles. The molecule has 1 heterocycles. The van der Waals surface area contributed by atoms with Gasteiger partial charge < -0.3 is 5.32 Å². The van der Waals surface area contributed by atoms with Crippen LogP contribution in [0.2, 0.25) is 0 Å². The highest BCUT2D eigenvalue weighted by Gasteiger charge is 2.06. The second-order valence-corrected chi connectivity index (χ2v) is 4.41. The van der Waals surface area contributed by atoms with Gasteiger partial charge in [-0.1, -0.05) is 13.3 Å². The first-order valence-electron chi connectivity index (χ1n) is 5.03. The molecule has 0 aliphatic rings. The molecule has 0 spiro atoms. The number of aromatic nitrogens is 1. The van der Waals surface area contributed by atoms with Crippen molar-refractivity contribution >= 4 is 15.9 Å². The Morgan fingerprint density at radius 3 is 2.86 bits per heavy atom. The van der Waals surface area contributed by atoms with Gasteiger partial charge in [0.05, 0.1) is 0 Å². The lowest BCUT2D eigenvalue weighted by Crippen LogP contribution is -2.27. The third-order valence-corrected chi connectivity index (χ3v) is 2.72. The third-order valence-electron chi connectivity index (χ3n) is 2.29. The van der Waals surface area contributed by atoms with E-state index in [1.54, 1.807) is 0 Å². The average molecular weight is 257 g/mol. The molecule has 1 aromatic rings. The fraction of sp³-hybridized carbons (Fsp3) is 0.545. The van der Waals surface area contributed by atoms with Crippen molar-refractivity contribution in [2.24, 2.45) is 0 Å². The van der Waals surface area contributed by atoms with Crippen LogP contribution in [0.5, 0.6) is 0 Å². The molecule has 0 saturated carbocycles. The van der Waals surface area contributed by atoms with E-state index in [9.17, 15) is 0 Å². The Kier molecular flexibility index (Phi) is 5.12. The van der Waals surface area contributed by atoms with Gasteiger partial charge >= 0.3 is 0 Å². The highest BCUT2D eigenvalue weighted by atomic mass is 79.9. The molecule has 0 radical (unpaired) electrons. The summed E-state index contributed by atoms with van der Waals surface area (Å²) in [5.41, 5.74) is 1.28. The zero-order valence-corrected chi connectivity index (χ0v) is 10.3. The molecule has 0 amide bonds. The lowest BCUT2D eigenvalue weighted by molar-refractivity contribution is 0.513. The van der Waals surface area contributed by atoms with Crippen LogP contribution in [0.1, 0.15) is 25.3 Å². The normalized spacial score (nSPS) is 12.8. The highest BCUT2D eigenvalue weighted by Crippen LogP contribution is 2.12. The minimum absolute atomic E-state index is 0.566. The second-order valence-electron chi connectivity index (χ2n) is 3.49. The molecule has 14 heavy (non-hydrogen) atoms. The van der Waals surface area contributed by atoms with Crippen LogP contribution in [0, 0.1) is 0 Å². The predicted molar refractivity (Wildman–Crippen MR) is 63.4 cm³/mol. The minimum Gasteiger partial charge on any atom is -0.317 e. The average Bonchev–Trinajstić information content (AvgIpc) is 2.17. The van der Waals surface area contributed by atoms with Crippen molar-refractivity contribution in [3.63, 3.8) is 0 Å². The van der Waals surface area contributed by atoms with Crippen molar-refractivity contribution < 1.29 is 0 Å². The minimum atomic E-state index is 0.566. The summed E-state index contributed by atoms with van der Waals surface area (Å²) >= 11 is 3.43. The maximum absolute atomic E-state index is 4.16. The quantitative estimate of drug-likeness (QED) is 0.877. The molecule has 1 N–H and O–H groups in total. The number of hydrogen-bond donors (Lipinski definition) is 1. The molecule has 2 nitrogen and oxygen atoms in total. The van der Waals surface area contributed by atoms with Crippen molar-refractivity contribution in [3.8, 4) is 0 Å². The molecule has 0 aromatic carbocycles. The van der Waals surface area contributed by atoms with Crippen LogP contribution in [-0.2, 0) is 6.42 Å². The monoisotopic (exact) mass is 256 g/mol. The first kappa shape index (κ1) is 11.7. The van der Waals surface area contributed by atoms with E-state index in [1.165, 1.54) is 18.4 Å². The summed E-state index contributed by atoms with van der Waals surface area (Å²) in [7, 11) is 2.02. The number of hydrogen-bond acceptors (Lipinski definition) is 2. The molecule has 3 heteroatoms. The van der Waals surface area contributed by atoms with Crippen LogP contribution < -0.4 is 5.32 Å². The van der Waals surface area contributed by atoms with Gasteiger partial charge in [-0.25, -0.2) is 0 Å². The highest BCUT2D eigenvalue weighted by molar-refractivity contribution is 9.10. The fourth-order valence-electron chi connectivity index (χ4n) is 1.55. The van der Waals surface area contributed by atoms with Crippen LogP contribution in [-0.4, -0.2) is 18.1 Å². The van der Waals surface area contributed by atoms with Crippen molar-refractivity contribution in [1.82, 2.24) is 10.3 Å². The van der Waals surface area contributed by atoms with E-state index in [0.717, 1.165) is 10.9 Å². The maximum atomic E-state index is 4.16. The van der Waals surface area contributed by atoms with Crippen LogP contribution in [0.3, 0.4) is 0 Å². The van der Waals surface area contributed by atoms with E-state index in [4.69, 9.17) is 0 Å².